The molecular formula is C41H38Cl2FN3O4. The number of piperazine rings is 1. The third kappa shape index (κ3) is 10.4. The molecule has 1 saturated heterocycles. The van der Waals surface area contributed by atoms with Crippen molar-refractivity contribution in [3.63, 3.8) is 0 Å². The molecule has 7 nitrogen and oxygen atoms in total. The Bertz CT molecular complexity index is 1920. The van der Waals surface area contributed by atoms with Crippen LogP contribution in [-0.4, -0.2) is 46.9 Å². The molecule has 0 N–H and O–H groups in total. The van der Waals surface area contributed by atoms with Gasteiger partial charge in [0.15, 0.2) is 5.75 Å². The Balaban J connectivity index is 0.935. The number of nitrogens with zero attached hydrogens (tertiary/aromatic N) is 3. The van der Waals surface area contributed by atoms with E-state index in [2.05, 4.69) is 34.1 Å². The number of aromatic nitrogens is 1. The lowest BCUT2D eigenvalue weighted by molar-refractivity contribution is -0.127. The number of hydrogen-bond donors (Lipinski definition) is 0. The zero-order chi connectivity index (χ0) is 35.6. The van der Waals surface area contributed by atoms with Crippen LogP contribution in [-0.2, 0) is 35.9 Å². The van der Waals surface area contributed by atoms with Crippen molar-refractivity contribution in [3.8, 4) is 17.4 Å². The molecule has 51 heavy (non-hydrogen) atoms. The summed E-state index contributed by atoms with van der Waals surface area (Å²) < 4.78 is 30.7. The van der Waals surface area contributed by atoms with Crippen LogP contribution < -0.4 is 9.47 Å². The Kier molecular flexibility index (Phi) is 12.4. The minimum absolute atomic E-state index is 0.0326. The van der Waals surface area contributed by atoms with Crippen molar-refractivity contribution in [1.82, 2.24) is 14.8 Å². The largest absolute Gasteiger partial charge is 0.487 e. The molecule has 0 saturated carbocycles. The number of carbonyl (C=O) groups is 1. The number of hydrogen-bond acceptors (Lipinski definition) is 6. The Morgan fingerprint density at radius 2 is 1.51 bits per heavy atom. The zero-order valence-corrected chi connectivity index (χ0v) is 29.7. The lowest BCUT2D eigenvalue weighted by Crippen LogP contribution is -2.47. The van der Waals surface area contributed by atoms with Crippen LogP contribution >= 0.6 is 23.2 Å². The molecule has 0 bridgehead atoms. The second kappa shape index (κ2) is 17.5. The van der Waals surface area contributed by atoms with E-state index in [1.807, 2.05) is 42.2 Å². The monoisotopic (exact) mass is 725 g/mol. The number of pyridine rings is 1. The molecule has 1 aromatic heterocycles. The topological polar surface area (TPSA) is 64.1 Å². The predicted octanol–water partition coefficient (Wildman–Crippen LogP) is 9.28. The summed E-state index contributed by atoms with van der Waals surface area (Å²) in [7, 11) is 0. The predicted molar refractivity (Wildman–Crippen MR) is 199 cm³/mol. The Morgan fingerprint density at radius 3 is 2.18 bits per heavy atom. The van der Waals surface area contributed by atoms with Gasteiger partial charge in [0.05, 0.1) is 24.4 Å². The van der Waals surface area contributed by atoms with Gasteiger partial charge in [0, 0.05) is 55.5 Å². The summed E-state index contributed by atoms with van der Waals surface area (Å²) in [6.07, 6.45) is 4.97. The Labute approximate surface area is 307 Å². The Hall–Kier alpha value is -4.73. The maximum atomic E-state index is 13.1. The van der Waals surface area contributed by atoms with Gasteiger partial charge in [-0.15, -0.1) is 0 Å². The number of amides is 1. The van der Waals surface area contributed by atoms with Crippen LogP contribution in [0.25, 0.3) is 6.08 Å². The molecule has 10 heteroatoms. The number of ether oxygens (including phenoxy) is 3. The first-order valence-corrected chi connectivity index (χ1v) is 17.4. The second-order valence-corrected chi connectivity index (χ2v) is 13.1. The highest BCUT2D eigenvalue weighted by Crippen LogP contribution is 2.34. The first kappa shape index (κ1) is 36.1. The first-order chi connectivity index (χ1) is 24.8. The second-order valence-electron chi connectivity index (χ2n) is 12.3. The molecule has 1 fully saturated rings. The highest BCUT2D eigenvalue weighted by molar-refractivity contribution is 6.32. The van der Waals surface area contributed by atoms with Crippen molar-refractivity contribution < 1.29 is 23.4 Å². The summed E-state index contributed by atoms with van der Waals surface area (Å²) in [6, 6.07) is 29.5. The van der Waals surface area contributed by atoms with Gasteiger partial charge in [-0.1, -0.05) is 77.8 Å². The van der Waals surface area contributed by atoms with E-state index in [4.69, 9.17) is 37.4 Å². The van der Waals surface area contributed by atoms with E-state index < -0.39 is 0 Å². The lowest BCUT2D eigenvalue weighted by atomic mass is 10.1. The summed E-state index contributed by atoms with van der Waals surface area (Å²) >= 11 is 12.8. The van der Waals surface area contributed by atoms with Crippen LogP contribution in [0.2, 0.25) is 10.0 Å². The molecule has 0 radical (unpaired) electrons. The highest BCUT2D eigenvalue weighted by atomic mass is 35.5. The molecule has 6 rings (SSSR count). The van der Waals surface area contributed by atoms with Crippen LogP contribution in [0.3, 0.4) is 0 Å². The molecule has 1 amide bonds. The SMILES string of the molecule is Cc1cc(C=CC(=O)N2CCN(Cc3ccc(COCc4ccc(F)cc4)cc3)CC2)cc(Cl)c1Oc1ccc(OCc2ccccc2Cl)cn1. The van der Waals surface area contributed by atoms with Gasteiger partial charge in [-0.25, -0.2) is 9.37 Å². The van der Waals surface area contributed by atoms with Gasteiger partial charge in [-0.3, -0.25) is 9.69 Å². The molecule has 262 valence electrons. The number of rotatable bonds is 13. The fourth-order valence-corrected chi connectivity index (χ4v) is 6.15. The average molecular weight is 727 g/mol. The summed E-state index contributed by atoms with van der Waals surface area (Å²) in [5.74, 6) is 1.18. The fourth-order valence-electron chi connectivity index (χ4n) is 5.64. The van der Waals surface area contributed by atoms with Crippen molar-refractivity contribution >= 4 is 35.2 Å². The number of halogens is 3. The van der Waals surface area contributed by atoms with E-state index >= 15 is 0 Å². The minimum atomic E-state index is -0.249. The van der Waals surface area contributed by atoms with Crippen molar-refractivity contribution in [3.05, 3.63) is 159 Å². The standard InChI is InChI=1S/C41H38Cl2FN3O4/c1-29-22-33(23-38(43)41(29)51-39-16-15-36(24-45-39)50-28-34-4-2-3-5-37(34)42)12-17-40(48)47-20-18-46(19-21-47)25-30-6-8-31(9-7-30)26-49-27-32-10-13-35(44)14-11-32/h2-17,22-24H,18-21,25-28H2,1H3. The fraction of sp³-hybridized carbons (Fsp3) is 0.220. The summed E-state index contributed by atoms with van der Waals surface area (Å²) in [5, 5.41) is 1.07. The van der Waals surface area contributed by atoms with Crippen LogP contribution in [0.5, 0.6) is 17.4 Å². The van der Waals surface area contributed by atoms with Crippen LogP contribution in [0.15, 0.2) is 109 Å². The molecule has 4 aromatic carbocycles. The number of benzene rings is 4. The third-order valence-electron chi connectivity index (χ3n) is 8.50. The third-order valence-corrected chi connectivity index (χ3v) is 9.15. The molecule has 0 atom stereocenters. The molecule has 2 heterocycles. The molecular weight excluding hydrogens is 688 g/mol. The summed E-state index contributed by atoms with van der Waals surface area (Å²) in [6.45, 7) is 6.87. The lowest BCUT2D eigenvalue weighted by Gasteiger charge is -2.34. The van der Waals surface area contributed by atoms with Crippen LogP contribution in [0.1, 0.15) is 33.4 Å². The van der Waals surface area contributed by atoms with E-state index in [1.165, 1.54) is 17.7 Å². The first-order valence-electron chi connectivity index (χ1n) is 16.7. The van der Waals surface area contributed by atoms with Gasteiger partial charge < -0.3 is 19.1 Å². The van der Waals surface area contributed by atoms with Gasteiger partial charge in [0.25, 0.3) is 0 Å². The van der Waals surface area contributed by atoms with Crippen molar-refractivity contribution in [2.45, 2.75) is 33.3 Å². The summed E-state index contributed by atoms with van der Waals surface area (Å²) in [5.41, 5.74) is 5.74. The molecule has 5 aromatic rings. The maximum absolute atomic E-state index is 13.1. The molecule has 0 spiro atoms. The van der Waals surface area contributed by atoms with Gasteiger partial charge >= 0.3 is 0 Å². The van der Waals surface area contributed by atoms with Crippen molar-refractivity contribution in [1.29, 1.82) is 0 Å². The molecule has 0 unspecified atom stereocenters. The summed E-state index contributed by atoms with van der Waals surface area (Å²) in [4.78, 5) is 21.6. The van der Waals surface area contributed by atoms with Crippen LogP contribution in [0, 0.1) is 12.7 Å². The van der Waals surface area contributed by atoms with Gasteiger partial charge in [-0.2, -0.15) is 0 Å². The van der Waals surface area contributed by atoms with Gasteiger partial charge in [-0.05, 0) is 77.2 Å². The zero-order valence-electron chi connectivity index (χ0n) is 28.2. The van der Waals surface area contributed by atoms with E-state index in [-0.39, 0.29) is 11.7 Å². The number of carbonyl (C=O) groups excluding carboxylic acids is 1. The maximum Gasteiger partial charge on any atom is 0.246 e. The van der Waals surface area contributed by atoms with E-state index in [9.17, 15) is 9.18 Å². The quantitative estimate of drug-likeness (QED) is 0.113. The Morgan fingerprint density at radius 1 is 0.824 bits per heavy atom. The normalized spacial score (nSPS) is 13.5. The highest BCUT2D eigenvalue weighted by Gasteiger charge is 2.20. The van der Waals surface area contributed by atoms with E-state index in [0.717, 1.165) is 47.5 Å². The van der Waals surface area contributed by atoms with Crippen molar-refractivity contribution in [2.24, 2.45) is 0 Å². The van der Waals surface area contributed by atoms with Crippen molar-refractivity contribution in [2.75, 3.05) is 26.2 Å². The smallest absolute Gasteiger partial charge is 0.246 e. The van der Waals surface area contributed by atoms with Gasteiger partial charge in [0.2, 0.25) is 11.8 Å². The molecule has 1 aliphatic rings. The number of aryl methyl sites for hydroxylation is 1. The molecule has 0 aliphatic carbocycles. The molecule has 1 aliphatic heterocycles. The van der Waals surface area contributed by atoms with Crippen LogP contribution in [0.4, 0.5) is 4.39 Å². The average Bonchev–Trinajstić information content (AvgIpc) is 3.14. The van der Waals surface area contributed by atoms with Gasteiger partial charge in [0.1, 0.15) is 18.2 Å². The van der Waals surface area contributed by atoms with E-state index in [1.54, 1.807) is 48.7 Å². The van der Waals surface area contributed by atoms with E-state index in [0.29, 0.717) is 60.3 Å². The minimum Gasteiger partial charge on any atom is -0.487 e.